The summed E-state index contributed by atoms with van der Waals surface area (Å²) in [7, 11) is 0. The third-order valence-electron chi connectivity index (χ3n) is 2.78. The van der Waals surface area contributed by atoms with Gasteiger partial charge in [-0.05, 0) is 64.3 Å². The number of anilines is 1. The molecular weight excluding hydrogens is 292 g/mol. The molecule has 1 aromatic rings. The maximum Gasteiger partial charge on any atom is 0.407 e. The fourth-order valence-electron chi connectivity index (χ4n) is 2.02. The second kappa shape index (κ2) is 8.41. The monoisotopic (exact) mass is 320 g/mol. The van der Waals surface area contributed by atoms with Gasteiger partial charge in [0.05, 0.1) is 0 Å². The minimum atomic E-state index is -0.484. The van der Waals surface area contributed by atoms with E-state index in [4.69, 9.17) is 10.5 Å². The second-order valence-electron chi connectivity index (χ2n) is 6.55. The molecular formula is C17H28N4O2. The standard InChI is InChI=1S/C17H28N4O2/c1-12-9-13(2)11-14(10-12)21-15(18)19-7-6-8-20-16(22)23-17(3,4)5/h9-11H,6-8H2,1-5H3,(H,20,22)(H3,18,19,21). The lowest BCUT2D eigenvalue weighted by Gasteiger charge is -2.19. The largest absolute Gasteiger partial charge is 0.444 e. The number of aliphatic imine (C=N–C) groups is 1. The number of aryl methyl sites for hydroxylation is 2. The van der Waals surface area contributed by atoms with Crippen LogP contribution in [0.1, 0.15) is 38.3 Å². The summed E-state index contributed by atoms with van der Waals surface area (Å²) in [5, 5.41) is 5.76. The number of guanidine groups is 1. The predicted octanol–water partition coefficient (Wildman–Crippen LogP) is 2.94. The predicted molar refractivity (Wildman–Crippen MR) is 94.9 cm³/mol. The lowest BCUT2D eigenvalue weighted by molar-refractivity contribution is 0.0527. The van der Waals surface area contributed by atoms with Crippen molar-refractivity contribution < 1.29 is 9.53 Å². The van der Waals surface area contributed by atoms with Crippen LogP contribution < -0.4 is 16.4 Å². The molecule has 0 bridgehead atoms. The van der Waals surface area contributed by atoms with Gasteiger partial charge in [0.15, 0.2) is 5.96 Å². The van der Waals surface area contributed by atoms with Gasteiger partial charge >= 0.3 is 6.09 Å². The Labute approximate surface area is 138 Å². The smallest absolute Gasteiger partial charge is 0.407 e. The zero-order valence-corrected chi connectivity index (χ0v) is 14.7. The maximum absolute atomic E-state index is 11.5. The molecule has 23 heavy (non-hydrogen) atoms. The number of carbonyl (C=O) groups excluding carboxylic acids is 1. The Morgan fingerprint density at radius 2 is 1.83 bits per heavy atom. The molecule has 1 rings (SSSR count). The van der Waals surface area contributed by atoms with Crippen molar-refractivity contribution in [2.45, 2.75) is 46.6 Å². The molecule has 0 saturated heterocycles. The van der Waals surface area contributed by atoms with E-state index >= 15 is 0 Å². The molecule has 0 unspecified atom stereocenters. The second-order valence-corrected chi connectivity index (χ2v) is 6.55. The number of carbonyl (C=O) groups is 1. The number of amides is 1. The van der Waals surface area contributed by atoms with Crippen molar-refractivity contribution >= 4 is 17.7 Å². The van der Waals surface area contributed by atoms with Gasteiger partial charge in [-0.25, -0.2) is 4.79 Å². The number of benzene rings is 1. The van der Waals surface area contributed by atoms with Crippen molar-refractivity contribution in [3.8, 4) is 0 Å². The molecule has 0 aliphatic heterocycles. The van der Waals surface area contributed by atoms with E-state index in [0.29, 0.717) is 25.5 Å². The van der Waals surface area contributed by atoms with Crippen molar-refractivity contribution in [1.29, 1.82) is 0 Å². The molecule has 0 heterocycles. The average molecular weight is 320 g/mol. The average Bonchev–Trinajstić information content (AvgIpc) is 2.34. The van der Waals surface area contributed by atoms with Crippen LogP contribution in [0.15, 0.2) is 23.2 Å². The van der Waals surface area contributed by atoms with E-state index in [-0.39, 0.29) is 0 Å². The molecule has 0 aromatic heterocycles. The van der Waals surface area contributed by atoms with Crippen LogP contribution in [0.4, 0.5) is 10.5 Å². The number of nitrogens with one attached hydrogen (secondary N) is 2. The molecule has 0 spiro atoms. The molecule has 6 heteroatoms. The first kappa shape index (κ1) is 18.8. The van der Waals surface area contributed by atoms with Gasteiger partial charge in [0, 0.05) is 18.8 Å². The Morgan fingerprint density at radius 1 is 1.22 bits per heavy atom. The summed E-state index contributed by atoms with van der Waals surface area (Å²) in [6, 6.07) is 6.12. The Balaban J connectivity index is 2.30. The molecule has 128 valence electrons. The first-order valence-electron chi connectivity index (χ1n) is 7.78. The summed E-state index contributed by atoms with van der Waals surface area (Å²) in [6.45, 7) is 10.6. The fraction of sp³-hybridized carbons (Fsp3) is 0.529. The molecule has 4 N–H and O–H groups in total. The van der Waals surface area contributed by atoms with Crippen molar-refractivity contribution in [1.82, 2.24) is 5.32 Å². The van der Waals surface area contributed by atoms with Crippen molar-refractivity contribution in [3.63, 3.8) is 0 Å². The molecule has 0 aliphatic carbocycles. The van der Waals surface area contributed by atoms with E-state index in [1.807, 2.05) is 46.8 Å². The van der Waals surface area contributed by atoms with Crippen LogP contribution in [0.25, 0.3) is 0 Å². The normalized spacial score (nSPS) is 12.0. The number of hydrogen-bond acceptors (Lipinski definition) is 3. The van der Waals surface area contributed by atoms with E-state index in [0.717, 1.165) is 5.69 Å². The van der Waals surface area contributed by atoms with Crippen LogP contribution >= 0.6 is 0 Å². The molecule has 0 atom stereocenters. The number of ether oxygens (including phenoxy) is 1. The van der Waals surface area contributed by atoms with E-state index in [1.54, 1.807) is 0 Å². The van der Waals surface area contributed by atoms with Crippen molar-refractivity contribution in [2.75, 3.05) is 18.4 Å². The van der Waals surface area contributed by atoms with Gasteiger partial charge in [0.25, 0.3) is 0 Å². The molecule has 1 amide bonds. The highest BCUT2D eigenvalue weighted by Crippen LogP contribution is 2.13. The Hall–Kier alpha value is -2.24. The minimum absolute atomic E-state index is 0.368. The number of alkyl carbamates (subject to hydrolysis) is 1. The van der Waals surface area contributed by atoms with Gasteiger partial charge in [-0.2, -0.15) is 0 Å². The SMILES string of the molecule is Cc1cc(C)cc(NC(N)=NCCCNC(=O)OC(C)(C)C)c1. The topological polar surface area (TPSA) is 88.7 Å². The maximum atomic E-state index is 11.5. The van der Waals surface area contributed by atoms with Gasteiger partial charge in [0.1, 0.15) is 5.60 Å². The lowest BCUT2D eigenvalue weighted by Crippen LogP contribution is -2.33. The Bertz CT molecular complexity index is 542. The number of nitrogens with two attached hydrogens (primary N) is 1. The highest BCUT2D eigenvalue weighted by Gasteiger charge is 2.15. The highest BCUT2D eigenvalue weighted by molar-refractivity contribution is 5.92. The van der Waals surface area contributed by atoms with E-state index in [1.165, 1.54) is 11.1 Å². The molecule has 6 nitrogen and oxygen atoms in total. The van der Waals surface area contributed by atoms with Crippen molar-refractivity contribution in [2.24, 2.45) is 10.7 Å². The highest BCUT2D eigenvalue weighted by atomic mass is 16.6. The Morgan fingerprint density at radius 3 is 2.39 bits per heavy atom. The summed E-state index contributed by atoms with van der Waals surface area (Å²) >= 11 is 0. The van der Waals surface area contributed by atoms with Crippen LogP contribution in [0, 0.1) is 13.8 Å². The number of nitrogens with zero attached hydrogens (tertiary/aromatic N) is 1. The lowest BCUT2D eigenvalue weighted by atomic mass is 10.1. The van der Waals surface area contributed by atoms with Gasteiger partial charge < -0.3 is 21.1 Å². The van der Waals surface area contributed by atoms with Crippen LogP contribution in [0.2, 0.25) is 0 Å². The van der Waals surface area contributed by atoms with Crippen LogP contribution in [0.5, 0.6) is 0 Å². The third kappa shape index (κ3) is 8.70. The van der Waals surface area contributed by atoms with Crippen LogP contribution in [0.3, 0.4) is 0 Å². The first-order chi connectivity index (χ1) is 10.7. The zero-order valence-electron chi connectivity index (χ0n) is 14.7. The summed E-state index contributed by atoms with van der Waals surface area (Å²) in [5.74, 6) is 0.368. The summed E-state index contributed by atoms with van der Waals surface area (Å²) < 4.78 is 5.14. The molecule has 0 radical (unpaired) electrons. The van der Waals surface area contributed by atoms with Crippen molar-refractivity contribution in [3.05, 3.63) is 29.3 Å². The van der Waals surface area contributed by atoms with Crippen LogP contribution in [-0.4, -0.2) is 30.7 Å². The summed E-state index contributed by atoms with van der Waals surface area (Å²) in [4.78, 5) is 15.7. The van der Waals surface area contributed by atoms with Gasteiger partial charge in [-0.1, -0.05) is 6.07 Å². The first-order valence-corrected chi connectivity index (χ1v) is 7.78. The summed E-state index contributed by atoms with van der Waals surface area (Å²) in [5.41, 5.74) is 8.64. The van der Waals surface area contributed by atoms with E-state index < -0.39 is 11.7 Å². The molecule has 1 aromatic carbocycles. The van der Waals surface area contributed by atoms with Gasteiger partial charge in [0.2, 0.25) is 0 Å². The molecule has 0 saturated carbocycles. The van der Waals surface area contributed by atoms with E-state index in [9.17, 15) is 4.79 Å². The fourth-order valence-corrected chi connectivity index (χ4v) is 2.02. The molecule has 0 aliphatic rings. The number of hydrogen-bond donors (Lipinski definition) is 3. The Kier molecular flexibility index (Phi) is 6.88. The quantitative estimate of drug-likeness (QED) is 0.442. The third-order valence-corrected chi connectivity index (χ3v) is 2.78. The van der Waals surface area contributed by atoms with Gasteiger partial charge in [-0.3, -0.25) is 4.99 Å². The minimum Gasteiger partial charge on any atom is -0.444 e. The molecule has 0 fully saturated rings. The zero-order chi connectivity index (χ0) is 17.5. The number of rotatable bonds is 5. The van der Waals surface area contributed by atoms with E-state index in [2.05, 4.69) is 21.7 Å². The van der Waals surface area contributed by atoms with Gasteiger partial charge in [-0.15, -0.1) is 0 Å². The van der Waals surface area contributed by atoms with Crippen LogP contribution in [-0.2, 0) is 4.74 Å². The summed E-state index contributed by atoms with van der Waals surface area (Å²) in [6.07, 6.45) is 0.275.